The maximum Gasteiger partial charge on any atom is -0.0177 e. The summed E-state index contributed by atoms with van der Waals surface area (Å²) < 4.78 is 0. The highest BCUT2D eigenvalue weighted by atomic mass is 14.5. The Morgan fingerprint density at radius 3 is 2.27 bits per heavy atom. The number of rotatable bonds is 1. The third-order valence-corrected chi connectivity index (χ3v) is 3.84. The lowest BCUT2D eigenvalue weighted by Crippen LogP contribution is -2.16. The van der Waals surface area contributed by atoms with Crippen LogP contribution >= 0.6 is 0 Å². The zero-order chi connectivity index (χ0) is 8.01. The molecule has 2 aliphatic carbocycles. The Kier molecular flexibility index (Phi) is 1.59. The monoisotopic (exact) mass is 150 g/mol. The van der Waals surface area contributed by atoms with E-state index in [9.17, 15) is 0 Å². The van der Waals surface area contributed by atoms with Gasteiger partial charge in [0.15, 0.2) is 0 Å². The fraction of sp³-hybridized carbons (Fsp3) is 0.818. The summed E-state index contributed by atoms with van der Waals surface area (Å²) in [5.41, 5.74) is 1.43. The molecule has 0 spiro atoms. The second kappa shape index (κ2) is 2.36. The van der Waals surface area contributed by atoms with Gasteiger partial charge in [-0.3, -0.25) is 0 Å². The molecule has 0 aromatic heterocycles. The minimum Gasteiger partial charge on any atom is -0.0999 e. The maximum atomic E-state index is 4.08. The van der Waals surface area contributed by atoms with E-state index in [4.69, 9.17) is 0 Å². The lowest BCUT2D eigenvalue weighted by atomic mass is 9.80. The third kappa shape index (κ3) is 1.04. The molecule has 2 rings (SSSR count). The van der Waals surface area contributed by atoms with Gasteiger partial charge in [-0.15, -0.1) is 0 Å². The van der Waals surface area contributed by atoms with Gasteiger partial charge in [-0.2, -0.15) is 0 Å². The maximum absolute atomic E-state index is 4.08. The van der Waals surface area contributed by atoms with Gasteiger partial charge in [0.25, 0.3) is 0 Å². The molecular formula is C11H18. The van der Waals surface area contributed by atoms with Crippen LogP contribution in [0.3, 0.4) is 0 Å². The van der Waals surface area contributed by atoms with E-state index in [0.29, 0.717) is 0 Å². The minimum atomic E-state index is 0.885. The Balaban J connectivity index is 2.08. The van der Waals surface area contributed by atoms with Gasteiger partial charge in [0.2, 0.25) is 0 Å². The number of hydrogen-bond donors (Lipinski definition) is 0. The number of allylic oxidation sites excluding steroid dienone is 1. The highest BCUT2D eigenvalue weighted by Gasteiger charge is 2.43. The number of hydrogen-bond acceptors (Lipinski definition) is 0. The molecule has 0 heterocycles. The average Bonchev–Trinajstić information content (AvgIpc) is 2.43. The fourth-order valence-corrected chi connectivity index (χ4v) is 3.17. The van der Waals surface area contributed by atoms with Crippen molar-refractivity contribution in [2.75, 3.05) is 0 Å². The van der Waals surface area contributed by atoms with Crippen molar-refractivity contribution in [1.82, 2.24) is 0 Å². The Hall–Kier alpha value is -0.260. The SMILES string of the molecule is C=C(C)C1CC2CC1CC2C. The van der Waals surface area contributed by atoms with Gasteiger partial charge in [0.05, 0.1) is 0 Å². The second-order valence-corrected chi connectivity index (χ2v) is 4.66. The van der Waals surface area contributed by atoms with E-state index in [1.807, 2.05) is 0 Å². The van der Waals surface area contributed by atoms with E-state index in [1.165, 1.54) is 24.8 Å². The van der Waals surface area contributed by atoms with Crippen LogP contribution in [0.25, 0.3) is 0 Å². The standard InChI is InChI=1S/C11H18/c1-7(2)11-6-9-5-10(11)4-8(9)3/h8-11H,1,4-6H2,2-3H3. The van der Waals surface area contributed by atoms with Crippen LogP contribution in [0.2, 0.25) is 0 Å². The Bertz CT molecular complexity index is 178. The molecule has 0 amide bonds. The van der Waals surface area contributed by atoms with Crippen LogP contribution in [-0.4, -0.2) is 0 Å². The molecule has 4 unspecified atom stereocenters. The second-order valence-electron chi connectivity index (χ2n) is 4.66. The smallest absolute Gasteiger partial charge is 0.0177 e. The fourth-order valence-electron chi connectivity index (χ4n) is 3.17. The van der Waals surface area contributed by atoms with E-state index in [2.05, 4.69) is 20.4 Å². The van der Waals surface area contributed by atoms with Gasteiger partial charge in [0.1, 0.15) is 0 Å². The van der Waals surface area contributed by atoms with Crippen LogP contribution in [0, 0.1) is 23.7 Å². The highest BCUT2D eigenvalue weighted by molar-refractivity contribution is 5.07. The first-order valence-corrected chi connectivity index (χ1v) is 4.84. The summed E-state index contributed by atoms with van der Waals surface area (Å²) in [5, 5.41) is 0. The van der Waals surface area contributed by atoms with E-state index >= 15 is 0 Å². The van der Waals surface area contributed by atoms with Crippen LogP contribution in [0.4, 0.5) is 0 Å². The van der Waals surface area contributed by atoms with Gasteiger partial charge < -0.3 is 0 Å². The molecule has 2 aliphatic rings. The average molecular weight is 150 g/mol. The van der Waals surface area contributed by atoms with Crippen LogP contribution in [0.1, 0.15) is 33.1 Å². The van der Waals surface area contributed by atoms with E-state index in [0.717, 1.165) is 23.7 Å². The predicted octanol–water partition coefficient (Wildman–Crippen LogP) is 3.24. The van der Waals surface area contributed by atoms with Crippen molar-refractivity contribution in [3.05, 3.63) is 12.2 Å². The molecule has 2 saturated carbocycles. The van der Waals surface area contributed by atoms with Crippen molar-refractivity contribution in [1.29, 1.82) is 0 Å². The molecule has 0 aromatic carbocycles. The van der Waals surface area contributed by atoms with Crippen LogP contribution < -0.4 is 0 Å². The molecule has 62 valence electrons. The van der Waals surface area contributed by atoms with Gasteiger partial charge >= 0.3 is 0 Å². The van der Waals surface area contributed by atoms with Gasteiger partial charge in [0, 0.05) is 0 Å². The quantitative estimate of drug-likeness (QED) is 0.503. The lowest BCUT2D eigenvalue weighted by Gasteiger charge is -2.25. The first-order chi connectivity index (χ1) is 5.18. The Morgan fingerprint density at radius 1 is 1.18 bits per heavy atom. The van der Waals surface area contributed by atoms with Crippen LogP contribution in [0.15, 0.2) is 12.2 Å². The molecule has 2 bridgehead atoms. The first-order valence-electron chi connectivity index (χ1n) is 4.84. The van der Waals surface area contributed by atoms with Crippen LogP contribution in [-0.2, 0) is 0 Å². The lowest BCUT2D eigenvalue weighted by molar-refractivity contribution is 0.301. The number of fused-ring (bicyclic) bond motifs is 2. The topological polar surface area (TPSA) is 0 Å². The highest BCUT2D eigenvalue weighted by Crippen LogP contribution is 2.53. The van der Waals surface area contributed by atoms with E-state index < -0.39 is 0 Å². The van der Waals surface area contributed by atoms with Crippen molar-refractivity contribution in [2.24, 2.45) is 23.7 Å². The van der Waals surface area contributed by atoms with Gasteiger partial charge in [-0.1, -0.05) is 19.1 Å². The molecular weight excluding hydrogens is 132 g/mol. The molecule has 0 nitrogen and oxygen atoms in total. The van der Waals surface area contributed by atoms with Crippen molar-refractivity contribution < 1.29 is 0 Å². The summed E-state index contributed by atoms with van der Waals surface area (Å²) in [6.45, 7) is 8.70. The molecule has 0 heteroatoms. The summed E-state index contributed by atoms with van der Waals surface area (Å²) in [6, 6.07) is 0. The summed E-state index contributed by atoms with van der Waals surface area (Å²) in [5.74, 6) is 3.95. The van der Waals surface area contributed by atoms with Crippen molar-refractivity contribution in [2.45, 2.75) is 33.1 Å². The Labute approximate surface area is 69.7 Å². The summed E-state index contributed by atoms with van der Waals surface area (Å²) in [4.78, 5) is 0. The summed E-state index contributed by atoms with van der Waals surface area (Å²) in [6.07, 6.45) is 4.42. The first kappa shape index (κ1) is 7.39. The summed E-state index contributed by atoms with van der Waals surface area (Å²) >= 11 is 0. The molecule has 0 N–H and O–H groups in total. The van der Waals surface area contributed by atoms with E-state index in [-0.39, 0.29) is 0 Å². The zero-order valence-corrected chi connectivity index (χ0v) is 7.64. The zero-order valence-electron chi connectivity index (χ0n) is 7.64. The van der Waals surface area contributed by atoms with Gasteiger partial charge in [-0.05, 0) is 49.9 Å². The largest absolute Gasteiger partial charge is 0.0999 e. The normalized spacial score (nSPS) is 48.2. The van der Waals surface area contributed by atoms with Crippen molar-refractivity contribution >= 4 is 0 Å². The van der Waals surface area contributed by atoms with Crippen LogP contribution in [0.5, 0.6) is 0 Å². The molecule has 0 saturated heterocycles. The molecule has 2 fully saturated rings. The summed E-state index contributed by atoms with van der Waals surface area (Å²) in [7, 11) is 0. The minimum absolute atomic E-state index is 0.885. The molecule has 11 heavy (non-hydrogen) atoms. The molecule has 0 aliphatic heterocycles. The molecule has 0 aromatic rings. The van der Waals surface area contributed by atoms with Crippen molar-refractivity contribution in [3.63, 3.8) is 0 Å². The molecule has 4 atom stereocenters. The van der Waals surface area contributed by atoms with Crippen molar-refractivity contribution in [3.8, 4) is 0 Å². The van der Waals surface area contributed by atoms with E-state index in [1.54, 1.807) is 0 Å². The van der Waals surface area contributed by atoms with Gasteiger partial charge in [-0.25, -0.2) is 0 Å². The third-order valence-electron chi connectivity index (χ3n) is 3.84. The Morgan fingerprint density at radius 2 is 1.91 bits per heavy atom. The predicted molar refractivity (Wildman–Crippen MR) is 48.3 cm³/mol. The molecule has 0 radical (unpaired) electrons.